The Morgan fingerprint density at radius 1 is 1.30 bits per heavy atom. The SMILES string of the molecule is CCC(C)(C)NC(=O)CNc1ccc(OC(F)F)cc1. The van der Waals surface area contributed by atoms with Gasteiger partial charge in [0, 0.05) is 11.2 Å². The summed E-state index contributed by atoms with van der Waals surface area (Å²) in [5, 5.41) is 5.80. The number of alkyl halides is 2. The van der Waals surface area contributed by atoms with Crippen LogP contribution in [0.15, 0.2) is 24.3 Å². The smallest absolute Gasteiger partial charge is 0.387 e. The van der Waals surface area contributed by atoms with Gasteiger partial charge in [-0.25, -0.2) is 0 Å². The van der Waals surface area contributed by atoms with E-state index in [1.165, 1.54) is 12.1 Å². The van der Waals surface area contributed by atoms with Gasteiger partial charge < -0.3 is 15.4 Å². The van der Waals surface area contributed by atoms with E-state index in [4.69, 9.17) is 0 Å². The highest BCUT2D eigenvalue weighted by Gasteiger charge is 2.17. The minimum atomic E-state index is -2.84. The lowest BCUT2D eigenvalue weighted by molar-refractivity contribution is -0.121. The molecule has 0 unspecified atom stereocenters. The van der Waals surface area contributed by atoms with Crippen LogP contribution in [0.25, 0.3) is 0 Å². The molecule has 0 spiro atoms. The van der Waals surface area contributed by atoms with Crippen LogP contribution in [0, 0.1) is 0 Å². The van der Waals surface area contributed by atoms with E-state index in [1.54, 1.807) is 12.1 Å². The van der Waals surface area contributed by atoms with Gasteiger partial charge in [0.05, 0.1) is 6.54 Å². The van der Waals surface area contributed by atoms with Gasteiger partial charge in [-0.1, -0.05) is 6.92 Å². The highest BCUT2D eigenvalue weighted by atomic mass is 19.3. The maximum Gasteiger partial charge on any atom is 0.387 e. The first-order chi connectivity index (χ1) is 9.32. The van der Waals surface area contributed by atoms with Crippen molar-refractivity contribution in [2.24, 2.45) is 0 Å². The van der Waals surface area contributed by atoms with Crippen LogP contribution >= 0.6 is 0 Å². The molecule has 20 heavy (non-hydrogen) atoms. The molecule has 0 aromatic heterocycles. The van der Waals surface area contributed by atoms with Crippen molar-refractivity contribution in [2.45, 2.75) is 39.3 Å². The van der Waals surface area contributed by atoms with Gasteiger partial charge in [-0.15, -0.1) is 0 Å². The van der Waals surface area contributed by atoms with Gasteiger partial charge in [-0.2, -0.15) is 8.78 Å². The van der Waals surface area contributed by atoms with Crippen LogP contribution in [-0.4, -0.2) is 24.6 Å². The number of carbonyl (C=O) groups excluding carboxylic acids is 1. The lowest BCUT2D eigenvalue weighted by atomic mass is 10.0. The minimum Gasteiger partial charge on any atom is -0.435 e. The molecule has 112 valence electrons. The molecule has 1 rings (SSSR count). The fourth-order valence-electron chi connectivity index (χ4n) is 1.45. The van der Waals surface area contributed by atoms with Crippen molar-refractivity contribution < 1.29 is 18.3 Å². The fourth-order valence-corrected chi connectivity index (χ4v) is 1.45. The first-order valence-corrected chi connectivity index (χ1v) is 6.42. The maximum absolute atomic E-state index is 12.0. The second-order valence-electron chi connectivity index (χ2n) is 5.04. The van der Waals surface area contributed by atoms with Crippen molar-refractivity contribution in [2.75, 3.05) is 11.9 Å². The van der Waals surface area contributed by atoms with Gasteiger partial charge in [0.2, 0.25) is 5.91 Å². The highest BCUT2D eigenvalue weighted by molar-refractivity contribution is 5.81. The predicted molar refractivity (Wildman–Crippen MR) is 74.1 cm³/mol. The van der Waals surface area contributed by atoms with Crippen molar-refractivity contribution in [1.82, 2.24) is 5.32 Å². The summed E-state index contributed by atoms with van der Waals surface area (Å²) >= 11 is 0. The quantitative estimate of drug-likeness (QED) is 0.810. The molecule has 0 saturated heterocycles. The Labute approximate surface area is 117 Å². The highest BCUT2D eigenvalue weighted by Crippen LogP contribution is 2.17. The summed E-state index contributed by atoms with van der Waals surface area (Å²) in [4.78, 5) is 11.7. The normalized spacial score (nSPS) is 11.3. The van der Waals surface area contributed by atoms with Gasteiger partial charge in [0.25, 0.3) is 0 Å². The van der Waals surface area contributed by atoms with Crippen LogP contribution in [0.1, 0.15) is 27.2 Å². The minimum absolute atomic E-state index is 0.0853. The first kappa shape index (κ1) is 16.2. The fraction of sp³-hybridized carbons (Fsp3) is 0.500. The molecule has 0 bridgehead atoms. The molecule has 1 amide bonds. The van der Waals surface area contributed by atoms with Gasteiger partial charge in [-0.05, 0) is 44.5 Å². The lowest BCUT2D eigenvalue weighted by Gasteiger charge is -2.24. The van der Waals surface area contributed by atoms with Crippen molar-refractivity contribution in [1.29, 1.82) is 0 Å². The van der Waals surface area contributed by atoms with Gasteiger partial charge in [0.15, 0.2) is 0 Å². The van der Waals surface area contributed by atoms with E-state index in [-0.39, 0.29) is 23.7 Å². The summed E-state index contributed by atoms with van der Waals surface area (Å²) in [5.41, 5.74) is 0.421. The molecule has 0 atom stereocenters. The average Bonchev–Trinajstić information content (AvgIpc) is 2.37. The predicted octanol–water partition coefficient (Wildman–Crippen LogP) is 3.00. The number of benzene rings is 1. The Kier molecular flexibility index (Phi) is 5.73. The van der Waals surface area contributed by atoms with Crippen LogP contribution in [0.2, 0.25) is 0 Å². The Hall–Kier alpha value is -1.85. The van der Waals surface area contributed by atoms with E-state index >= 15 is 0 Å². The summed E-state index contributed by atoms with van der Waals surface area (Å²) in [6, 6.07) is 6.00. The van der Waals surface area contributed by atoms with Gasteiger partial charge in [-0.3, -0.25) is 4.79 Å². The second-order valence-corrected chi connectivity index (χ2v) is 5.04. The molecule has 0 heterocycles. The number of carbonyl (C=O) groups is 1. The standard InChI is InChI=1S/C14H20F2N2O2/c1-4-14(2,3)18-12(19)9-17-10-5-7-11(8-6-10)20-13(15)16/h5-8,13,17H,4,9H2,1-3H3,(H,18,19). The third-order valence-corrected chi connectivity index (χ3v) is 2.89. The van der Waals surface area contributed by atoms with Crippen LogP contribution in [0.3, 0.4) is 0 Å². The molecular formula is C14H20F2N2O2. The Bertz CT molecular complexity index is 433. The van der Waals surface area contributed by atoms with Crippen LogP contribution in [0.5, 0.6) is 5.75 Å². The zero-order valence-electron chi connectivity index (χ0n) is 11.9. The van der Waals surface area contributed by atoms with E-state index in [0.29, 0.717) is 5.69 Å². The molecule has 0 radical (unpaired) electrons. The molecule has 4 nitrogen and oxygen atoms in total. The van der Waals surface area contributed by atoms with Crippen LogP contribution in [-0.2, 0) is 4.79 Å². The van der Waals surface area contributed by atoms with Crippen molar-refractivity contribution in [3.8, 4) is 5.75 Å². The molecule has 0 fully saturated rings. The molecule has 0 aliphatic rings. The van der Waals surface area contributed by atoms with Crippen LogP contribution in [0.4, 0.5) is 14.5 Å². The number of hydrogen-bond donors (Lipinski definition) is 2. The number of rotatable bonds is 7. The summed E-state index contributed by atoms with van der Waals surface area (Å²) < 4.78 is 28.2. The monoisotopic (exact) mass is 286 g/mol. The van der Waals surface area contributed by atoms with E-state index in [9.17, 15) is 13.6 Å². The Morgan fingerprint density at radius 2 is 1.90 bits per heavy atom. The zero-order chi connectivity index (χ0) is 15.2. The average molecular weight is 286 g/mol. The summed E-state index contributed by atoms with van der Waals surface area (Å²) in [7, 11) is 0. The van der Waals surface area contributed by atoms with Crippen molar-refractivity contribution in [3.05, 3.63) is 24.3 Å². The van der Waals surface area contributed by atoms with E-state index in [1.807, 2.05) is 20.8 Å². The van der Waals surface area contributed by atoms with Crippen molar-refractivity contribution >= 4 is 11.6 Å². The van der Waals surface area contributed by atoms with E-state index < -0.39 is 6.61 Å². The number of halogens is 2. The van der Waals surface area contributed by atoms with Gasteiger partial charge in [0.1, 0.15) is 5.75 Å². The third kappa shape index (κ3) is 5.86. The largest absolute Gasteiger partial charge is 0.435 e. The third-order valence-electron chi connectivity index (χ3n) is 2.89. The lowest BCUT2D eigenvalue weighted by Crippen LogP contribution is -2.45. The number of anilines is 1. The van der Waals surface area contributed by atoms with E-state index in [0.717, 1.165) is 6.42 Å². The summed E-state index contributed by atoms with van der Waals surface area (Å²) in [6.07, 6.45) is 0.832. The number of ether oxygens (including phenoxy) is 1. The second kappa shape index (κ2) is 7.07. The maximum atomic E-state index is 12.0. The topological polar surface area (TPSA) is 50.4 Å². The summed E-state index contributed by atoms with van der Waals surface area (Å²) in [6.45, 7) is 3.17. The molecule has 2 N–H and O–H groups in total. The molecule has 1 aromatic rings. The van der Waals surface area contributed by atoms with Crippen molar-refractivity contribution in [3.63, 3.8) is 0 Å². The molecule has 6 heteroatoms. The zero-order valence-corrected chi connectivity index (χ0v) is 11.9. The number of amides is 1. The Morgan fingerprint density at radius 3 is 2.40 bits per heavy atom. The van der Waals surface area contributed by atoms with Crippen LogP contribution < -0.4 is 15.4 Å². The molecule has 0 aliphatic heterocycles. The first-order valence-electron chi connectivity index (χ1n) is 6.42. The molecule has 1 aromatic carbocycles. The summed E-state index contributed by atoms with van der Waals surface area (Å²) in [5.74, 6) is -0.0353. The molecular weight excluding hydrogens is 266 g/mol. The Balaban J connectivity index is 2.44. The molecule has 0 aliphatic carbocycles. The molecule has 0 saturated carbocycles. The number of nitrogens with one attached hydrogen (secondary N) is 2. The van der Waals surface area contributed by atoms with Gasteiger partial charge >= 0.3 is 6.61 Å². The number of hydrogen-bond acceptors (Lipinski definition) is 3. The van der Waals surface area contributed by atoms with E-state index in [2.05, 4.69) is 15.4 Å².